The van der Waals surface area contributed by atoms with Gasteiger partial charge >= 0.3 is 24.1 Å². The third-order valence-electron chi connectivity index (χ3n) is 5.81. The van der Waals surface area contributed by atoms with Crippen molar-refractivity contribution in [1.82, 2.24) is 35.5 Å². The van der Waals surface area contributed by atoms with E-state index in [1.165, 1.54) is 18.4 Å². The molecule has 45 heavy (non-hydrogen) atoms. The number of aliphatic carboxylic acids is 2. The first-order valence-electron chi connectivity index (χ1n) is 13.6. The highest BCUT2D eigenvalue weighted by atomic mass is 32.1. The zero-order valence-electron chi connectivity index (χ0n) is 25.3. The van der Waals surface area contributed by atoms with Crippen molar-refractivity contribution in [2.45, 2.75) is 26.7 Å². The summed E-state index contributed by atoms with van der Waals surface area (Å²) in [7, 11) is 1.43. The van der Waals surface area contributed by atoms with E-state index in [0.717, 1.165) is 49.7 Å². The number of likely N-dealkylation sites (tertiary alicyclic amines) is 2. The highest BCUT2D eigenvalue weighted by Gasteiger charge is 2.19. The molecule has 2 amide bonds. The molecule has 17 heteroatoms. The predicted octanol–water partition coefficient (Wildman–Crippen LogP) is 1.11. The number of carbonyl (C=O) groups excluding carboxylic acids is 3. The number of hydrogen-bond donors (Lipinski definition) is 4. The fourth-order valence-corrected chi connectivity index (χ4v) is 3.46. The van der Waals surface area contributed by atoms with Crippen LogP contribution in [0, 0.1) is 0 Å². The summed E-state index contributed by atoms with van der Waals surface area (Å²) in [4.78, 5) is 61.0. The van der Waals surface area contributed by atoms with Gasteiger partial charge in [0.25, 0.3) is 0 Å². The average Bonchev–Trinajstić information content (AvgIpc) is 2.94. The molecule has 0 aromatic carbocycles. The fraction of sp³-hybridized carbons (Fsp3) is 0.393. The van der Waals surface area contributed by atoms with Crippen LogP contribution < -0.4 is 10.9 Å². The Morgan fingerprint density at radius 3 is 1.60 bits per heavy atom. The van der Waals surface area contributed by atoms with E-state index in [2.05, 4.69) is 35.9 Å². The van der Waals surface area contributed by atoms with Crippen LogP contribution in [0.3, 0.4) is 0 Å². The Balaban J connectivity index is 0.000000332. The van der Waals surface area contributed by atoms with E-state index in [0.29, 0.717) is 10.8 Å². The zero-order valence-corrected chi connectivity index (χ0v) is 26.1. The smallest absolute Gasteiger partial charge is 0.373 e. The van der Waals surface area contributed by atoms with Gasteiger partial charge < -0.3 is 20.0 Å². The predicted molar refractivity (Wildman–Crippen MR) is 167 cm³/mol. The molecule has 0 atom stereocenters. The molecule has 0 radical (unpaired) electrons. The second-order valence-corrected chi connectivity index (χ2v) is 9.77. The Hall–Kier alpha value is -5.12. The monoisotopic (exact) mass is 643 g/mol. The standard InChI is InChI=1S/C11H14N4O.C11H14N4S.C5H9NO4.CO2/c2*1-9(10-5-2-3-6-12-10)13-14-11(16)15-7-4-8-15;1-6(2-4(7)8)3-5(9)10;2-1-3/h2*2-3,5-6H,4,7-8H2,1H3,(H,14,16);2-3H2,1H3,(H,7,8)(H,9,10);/b2*13-9+;;. The van der Waals surface area contributed by atoms with Gasteiger partial charge in [-0.3, -0.25) is 29.9 Å². The Morgan fingerprint density at radius 2 is 1.27 bits per heavy atom. The van der Waals surface area contributed by atoms with Crippen LogP contribution in [-0.4, -0.2) is 122 Å². The third kappa shape index (κ3) is 16.3. The first-order chi connectivity index (χ1) is 21.5. The summed E-state index contributed by atoms with van der Waals surface area (Å²) in [6.45, 7) is 6.95. The molecule has 4 rings (SSSR count). The van der Waals surface area contributed by atoms with Crippen molar-refractivity contribution in [2.75, 3.05) is 46.3 Å². The van der Waals surface area contributed by atoms with Gasteiger partial charge in [-0.15, -0.1) is 0 Å². The van der Waals surface area contributed by atoms with E-state index in [9.17, 15) is 14.4 Å². The van der Waals surface area contributed by atoms with Gasteiger partial charge in [0.1, 0.15) is 0 Å². The quantitative estimate of drug-likeness (QED) is 0.181. The van der Waals surface area contributed by atoms with Gasteiger partial charge in [-0.1, -0.05) is 12.1 Å². The van der Waals surface area contributed by atoms with Crippen LogP contribution in [0.5, 0.6) is 0 Å². The SMILES string of the molecule is C/C(=N\NC(=O)N1CCC1)c1ccccn1.C/C(=N\NC(=S)N1CCC1)c1ccccn1.CN(CC(=O)O)CC(=O)O.O=C=O. The summed E-state index contributed by atoms with van der Waals surface area (Å²) in [6.07, 6.45) is 5.99. The first-order valence-corrected chi connectivity index (χ1v) is 14.0. The van der Waals surface area contributed by atoms with Crippen molar-refractivity contribution >= 4 is 52.9 Å². The topological polar surface area (TPSA) is 210 Å². The molecule has 0 bridgehead atoms. The average molecular weight is 644 g/mol. The van der Waals surface area contributed by atoms with Crippen LogP contribution in [0.15, 0.2) is 59.0 Å². The molecular weight excluding hydrogens is 606 g/mol. The van der Waals surface area contributed by atoms with Crippen LogP contribution in [0.2, 0.25) is 0 Å². The minimum absolute atomic E-state index is 0.137. The van der Waals surface area contributed by atoms with Gasteiger partial charge in [0, 0.05) is 38.6 Å². The van der Waals surface area contributed by atoms with E-state index >= 15 is 0 Å². The molecule has 2 saturated heterocycles. The maximum atomic E-state index is 11.4. The lowest BCUT2D eigenvalue weighted by molar-refractivity contribution is -0.191. The lowest BCUT2D eigenvalue weighted by Crippen LogP contribution is -2.46. The van der Waals surface area contributed by atoms with Crippen molar-refractivity contribution in [2.24, 2.45) is 10.2 Å². The number of aromatic nitrogens is 2. The third-order valence-corrected chi connectivity index (χ3v) is 6.16. The first kappa shape index (κ1) is 37.9. The molecule has 4 heterocycles. The number of amides is 2. The second kappa shape index (κ2) is 21.6. The molecule has 2 aliphatic heterocycles. The minimum Gasteiger partial charge on any atom is -0.480 e. The minimum atomic E-state index is -1.02. The lowest BCUT2D eigenvalue weighted by Gasteiger charge is -2.32. The van der Waals surface area contributed by atoms with Crippen molar-refractivity contribution in [3.8, 4) is 0 Å². The number of nitrogens with one attached hydrogen (secondary N) is 2. The molecule has 4 N–H and O–H groups in total. The zero-order chi connectivity index (χ0) is 33.6. The van der Waals surface area contributed by atoms with Gasteiger partial charge in [0.15, 0.2) is 5.11 Å². The second-order valence-electron chi connectivity index (χ2n) is 9.38. The number of hydrogen-bond acceptors (Lipinski definition) is 11. The number of hydrazone groups is 2. The van der Waals surface area contributed by atoms with Gasteiger partial charge in [-0.25, -0.2) is 10.2 Å². The normalized spacial score (nSPS) is 13.4. The molecule has 0 saturated carbocycles. The molecule has 0 unspecified atom stereocenters. The number of urea groups is 1. The molecular formula is C28H37N9O7S. The molecule has 16 nitrogen and oxygen atoms in total. The number of carboxylic acids is 2. The van der Waals surface area contributed by atoms with Gasteiger partial charge in [-0.05, 0) is 70.2 Å². The molecule has 242 valence electrons. The number of rotatable bonds is 8. The number of pyridine rings is 2. The van der Waals surface area contributed by atoms with E-state index in [-0.39, 0.29) is 25.3 Å². The maximum Gasteiger partial charge on any atom is 0.373 e. The number of likely N-dealkylation sites (N-methyl/N-ethyl adjacent to an activating group) is 1. The van der Waals surface area contributed by atoms with E-state index < -0.39 is 11.9 Å². The summed E-state index contributed by atoms with van der Waals surface area (Å²) in [5.41, 5.74) is 8.58. The van der Waals surface area contributed by atoms with Crippen LogP contribution >= 0.6 is 12.2 Å². The molecule has 2 aliphatic rings. The van der Waals surface area contributed by atoms with Crippen LogP contribution in [-0.2, 0) is 19.2 Å². The Bertz CT molecular complexity index is 1230. The Kier molecular flexibility index (Phi) is 18.2. The number of carbonyl (C=O) groups is 3. The fourth-order valence-electron chi connectivity index (χ4n) is 3.23. The van der Waals surface area contributed by atoms with Crippen molar-refractivity contribution in [3.63, 3.8) is 0 Å². The molecule has 0 aliphatic carbocycles. The Morgan fingerprint density at radius 1 is 0.844 bits per heavy atom. The summed E-state index contributed by atoms with van der Waals surface area (Å²) in [5, 5.41) is 25.2. The van der Waals surface area contributed by atoms with Gasteiger partial charge in [-0.2, -0.15) is 19.8 Å². The van der Waals surface area contributed by atoms with Crippen LogP contribution in [0.25, 0.3) is 0 Å². The van der Waals surface area contributed by atoms with Crippen LogP contribution in [0.1, 0.15) is 38.1 Å². The lowest BCUT2D eigenvalue weighted by atomic mass is 10.2. The summed E-state index contributed by atoms with van der Waals surface area (Å²) in [6, 6.07) is 11.2. The highest BCUT2D eigenvalue weighted by molar-refractivity contribution is 7.80. The van der Waals surface area contributed by atoms with Gasteiger partial charge in [0.2, 0.25) is 0 Å². The maximum absolute atomic E-state index is 11.4. The number of thiocarbonyl (C=S) groups is 1. The molecule has 2 fully saturated rings. The highest BCUT2D eigenvalue weighted by Crippen LogP contribution is 2.06. The Labute approximate surface area is 265 Å². The summed E-state index contributed by atoms with van der Waals surface area (Å²) in [5.74, 6) is -2.05. The van der Waals surface area contributed by atoms with Crippen molar-refractivity contribution < 1.29 is 34.2 Å². The van der Waals surface area contributed by atoms with Crippen molar-refractivity contribution in [1.29, 1.82) is 0 Å². The van der Waals surface area contributed by atoms with E-state index in [1.54, 1.807) is 17.3 Å². The van der Waals surface area contributed by atoms with E-state index in [1.807, 2.05) is 50.2 Å². The number of nitrogens with zero attached hydrogens (tertiary/aromatic N) is 7. The van der Waals surface area contributed by atoms with E-state index in [4.69, 9.17) is 32.0 Å². The molecule has 0 spiro atoms. The van der Waals surface area contributed by atoms with Crippen molar-refractivity contribution in [3.05, 3.63) is 60.2 Å². The summed E-state index contributed by atoms with van der Waals surface area (Å²) < 4.78 is 0. The van der Waals surface area contributed by atoms with Gasteiger partial charge in [0.05, 0.1) is 35.9 Å². The molecule has 2 aromatic heterocycles. The largest absolute Gasteiger partial charge is 0.480 e. The molecule has 2 aromatic rings. The van der Waals surface area contributed by atoms with Crippen LogP contribution in [0.4, 0.5) is 4.79 Å². The summed E-state index contributed by atoms with van der Waals surface area (Å²) >= 11 is 5.18. The number of carboxylic acid groups (broad SMARTS) is 2.